The van der Waals surface area contributed by atoms with Crippen LogP contribution in [0.5, 0.6) is 0 Å². The number of nitrogens with one attached hydrogen (secondary N) is 3. The molecule has 0 bridgehead atoms. The molecule has 0 aliphatic rings. The van der Waals surface area contributed by atoms with E-state index in [1.54, 1.807) is 6.92 Å². The monoisotopic (exact) mass is 419 g/mol. The highest BCUT2D eigenvalue weighted by atomic mass is 32.1. The number of rotatable bonds is 14. The summed E-state index contributed by atoms with van der Waals surface area (Å²) in [6.45, 7) is 3.77. The predicted molar refractivity (Wildman–Crippen MR) is 109 cm³/mol. The van der Waals surface area contributed by atoms with Gasteiger partial charge in [-0.05, 0) is 31.7 Å². The first-order valence-corrected chi connectivity index (χ1v) is 9.98. The highest BCUT2D eigenvalue weighted by Crippen LogP contribution is 2.10. The van der Waals surface area contributed by atoms with E-state index in [9.17, 15) is 24.3 Å². The third-order valence-electron chi connectivity index (χ3n) is 4.37. The van der Waals surface area contributed by atoms with Crippen molar-refractivity contribution in [1.29, 1.82) is 0 Å². The number of carbonyl (C=O) groups excluding carboxylic acids is 3. The van der Waals surface area contributed by atoms with E-state index in [-0.39, 0.29) is 24.6 Å². The van der Waals surface area contributed by atoms with Crippen molar-refractivity contribution in [1.82, 2.24) is 16.0 Å². The van der Waals surface area contributed by atoms with E-state index in [2.05, 4.69) is 28.6 Å². The Kier molecular flexibility index (Phi) is 13.3. The van der Waals surface area contributed by atoms with Crippen LogP contribution in [-0.4, -0.2) is 65.8 Å². The van der Waals surface area contributed by atoms with Gasteiger partial charge in [-0.2, -0.15) is 12.6 Å². The standard InChI is InChI=1S/C17H33N5O5S/c1-3-10(2)14(22-15(24)12(9-28)20-13(23)8-19)16(25)21-11(17(26)27)6-4-5-7-18/h10-12,14,28H,3-9,18-19H2,1-2H3,(H,20,23)(H,21,25)(H,22,24)(H,26,27). The summed E-state index contributed by atoms with van der Waals surface area (Å²) < 4.78 is 0. The Bertz CT molecular complexity index is 534. The van der Waals surface area contributed by atoms with Crippen LogP contribution in [0.4, 0.5) is 0 Å². The van der Waals surface area contributed by atoms with Crippen molar-refractivity contribution in [3.05, 3.63) is 0 Å². The van der Waals surface area contributed by atoms with Crippen molar-refractivity contribution in [2.45, 2.75) is 57.7 Å². The molecular formula is C17H33N5O5S. The predicted octanol–water partition coefficient (Wildman–Crippen LogP) is -1.41. The summed E-state index contributed by atoms with van der Waals surface area (Å²) in [6, 6.07) is -2.98. The maximum Gasteiger partial charge on any atom is 0.326 e. The van der Waals surface area contributed by atoms with Gasteiger partial charge in [0.05, 0.1) is 6.54 Å². The second-order valence-electron chi connectivity index (χ2n) is 6.56. The van der Waals surface area contributed by atoms with Crippen molar-refractivity contribution >= 4 is 36.3 Å². The molecule has 4 atom stereocenters. The summed E-state index contributed by atoms with van der Waals surface area (Å²) in [4.78, 5) is 48.0. The number of hydrogen-bond donors (Lipinski definition) is 7. The second-order valence-corrected chi connectivity index (χ2v) is 6.93. The van der Waals surface area contributed by atoms with Crippen molar-refractivity contribution in [2.75, 3.05) is 18.8 Å². The van der Waals surface area contributed by atoms with E-state index in [0.717, 1.165) is 0 Å². The molecule has 28 heavy (non-hydrogen) atoms. The minimum Gasteiger partial charge on any atom is -0.480 e. The molecule has 0 aliphatic heterocycles. The van der Waals surface area contributed by atoms with Crippen LogP contribution in [0.25, 0.3) is 0 Å². The largest absolute Gasteiger partial charge is 0.480 e. The summed E-state index contributed by atoms with van der Waals surface area (Å²) in [7, 11) is 0. The highest BCUT2D eigenvalue weighted by molar-refractivity contribution is 7.80. The molecule has 11 heteroatoms. The molecule has 3 amide bonds. The Morgan fingerprint density at radius 2 is 1.64 bits per heavy atom. The zero-order valence-electron chi connectivity index (χ0n) is 16.4. The summed E-state index contributed by atoms with van der Waals surface area (Å²) in [6.07, 6.45) is 2.02. The molecule has 162 valence electrons. The number of nitrogens with two attached hydrogens (primary N) is 2. The van der Waals surface area contributed by atoms with Crippen LogP contribution in [-0.2, 0) is 19.2 Å². The number of thiol groups is 1. The van der Waals surface area contributed by atoms with Crippen LogP contribution in [0.3, 0.4) is 0 Å². The Balaban J connectivity index is 5.17. The van der Waals surface area contributed by atoms with E-state index < -0.39 is 41.8 Å². The van der Waals surface area contributed by atoms with Crippen molar-refractivity contribution in [3.8, 4) is 0 Å². The fraction of sp³-hybridized carbons (Fsp3) is 0.765. The molecule has 0 aromatic rings. The fourth-order valence-corrected chi connectivity index (χ4v) is 2.67. The first-order valence-electron chi connectivity index (χ1n) is 9.35. The van der Waals surface area contributed by atoms with Gasteiger partial charge in [0, 0.05) is 5.75 Å². The van der Waals surface area contributed by atoms with E-state index in [0.29, 0.717) is 25.8 Å². The van der Waals surface area contributed by atoms with Gasteiger partial charge in [-0.1, -0.05) is 20.3 Å². The zero-order valence-corrected chi connectivity index (χ0v) is 17.3. The normalized spacial score (nSPS) is 15.0. The van der Waals surface area contributed by atoms with Crippen molar-refractivity contribution in [3.63, 3.8) is 0 Å². The Labute approximate surface area is 171 Å². The molecule has 4 unspecified atom stereocenters. The molecule has 0 saturated heterocycles. The molecule has 0 aromatic carbocycles. The molecule has 0 heterocycles. The van der Waals surface area contributed by atoms with Crippen LogP contribution in [0.2, 0.25) is 0 Å². The number of hydrogen-bond acceptors (Lipinski definition) is 7. The molecule has 0 rings (SSSR count). The smallest absolute Gasteiger partial charge is 0.326 e. The van der Waals surface area contributed by atoms with E-state index in [4.69, 9.17) is 11.5 Å². The number of carboxylic acids is 1. The van der Waals surface area contributed by atoms with Crippen LogP contribution >= 0.6 is 12.6 Å². The number of amides is 3. The van der Waals surface area contributed by atoms with Gasteiger partial charge in [0.1, 0.15) is 18.1 Å². The molecular weight excluding hydrogens is 386 g/mol. The third kappa shape index (κ3) is 9.38. The molecule has 0 spiro atoms. The lowest BCUT2D eigenvalue weighted by Gasteiger charge is -2.27. The Morgan fingerprint density at radius 1 is 1.00 bits per heavy atom. The van der Waals surface area contributed by atoms with Crippen LogP contribution in [0, 0.1) is 5.92 Å². The first-order chi connectivity index (χ1) is 13.2. The maximum atomic E-state index is 12.7. The van der Waals surface area contributed by atoms with E-state index >= 15 is 0 Å². The van der Waals surface area contributed by atoms with Crippen LogP contribution < -0.4 is 27.4 Å². The summed E-state index contributed by atoms with van der Waals surface area (Å²) in [5.41, 5.74) is 10.6. The summed E-state index contributed by atoms with van der Waals surface area (Å²) in [5, 5.41) is 16.8. The average Bonchev–Trinajstić information content (AvgIpc) is 2.67. The molecule has 10 nitrogen and oxygen atoms in total. The molecule has 0 fully saturated rings. The SMILES string of the molecule is CCC(C)C(NC(=O)C(CS)NC(=O)CN)C(=O)NC(CCCCN)C(=O)O. The Hall–Kier alpha value is -1.85. The highest BCUT2D eigenvalue weighted by Gasteiger charge is 2.31. The number of aliphatic carboxylic acids is 1. The summed E-state index contributed by atoms with van der Waals surface area (Å²) in [5.74, 6) is -3.09. The number of carboxylic acid groups (broad SMARTS) is 1. The number of carbonyl (C=O) groups is 4. The lowest BCUT2D eigenvalue weighted by molar-refractivity contribution is -0.142. The van der Waals surface area contributed by atoms with Gasteiger partial charge in [-0.15, -0.1) is 0 Å². The van der Waals surface area contributed by atoms with Crippen molar-refractivity contribution in [2.24, 2.45) is 17.4 Å². The van der Waals surface area contributed by atoms with Gasteiger partial charge in [0.15, 0.2) is 0 Å². The van der Waals surface area contributed by atoms with Gasteiger partial charge in [-0.3, -0.25) is 14.4 Å². The summed E-state index contributed by atoms with van der Waals surface area (Å²) >= 11 is 4.04. The minimum absolute atomic E-state index is 0.0171. The van der Waals surface area contributed by atoms with Crippen LogP contribution in [0.15, 0.2) is 0 Å². The van der Waals surface area contributed by atoms with Gasteiger partial charge in [0.2, 0.25) is 17.7 Å². The van der Waals surface area contributed by atoms with Gasteiger partial charge < -0.3 is 32.5 Å². The van der Waals surface area contributed by atoms with E-state index in [1.165, 1.54) is 0 Å². The lowest BCUT2D eigenvalue weighted by Crippen LogP contribution is -2.58. The van der Waals surface area contributed by atoms with Gasteiger partial charge in [-0.25, -0.2) is 4.79 Å². The van der Waals surface area contributed by atoms with Crippen molar-refractivity contribution < 1.29 is 24.3 Å². The van der Waals surface area contributed by atoms with Crippen LogP contribution in [0.1, 0.15) is 39.5 Å². The Morgan fingerprint density at radius 3 is 2.11 bits per heavy atom. The molecule has 0 aromatic heterocycles. The molecule has 0 radical (unpaired) electrons. The van der Waals surface area contributed by atoms with Gasteiger partial charge >= 0.3 is 5.97 Å². The average molecular weight is 420 g/mol. The number of unbranched alkanes of at least 4 members (excludes halogenated alkanes) is 1. The van der Waals surface area contributed by atoms with E-state index in [1.807, 2.05) is 6.92 Å². The minimum atomic E-state index is -1.15. The quantitative estimate of drug-likeness (QED) is 0.134. The molecule has 8 N–H and O–H groups in total. The fourth-order valence-electron chi connectivity index (χ4n) is 2.41. The second kappa shape index (κ2) is 14.2. The first kappa shape index (κ1) is 26.1. The lowest BCUT2D eigenvalue weighted by atomic mass is 9.97. The zero-order chi connectivity index (χ0) is 21.7. The van der Waals surface area contributed by atoms with Gasteiger partial charge in [0.25, 0.3) is 0 Å². The molecule has 0 saturated carbocycles. The maximum absolute atomic E-state index is 12.7. The topological polar surface area (TPSA) is 177 Å². The third-order valence-corrected chi connectivity index (χ3v) is 4.74. The molecule has 0 aliphatic carbocycles.